The molecule has 0 bridgehead atoms. The number of aliphatic hydroxyl groups is 3. The fourth-order valence-electron chi connectivity index (χ4n) is 5.12. The van der Waals surface area contributed by atoms with E-state index in [2.05, 4.69) is 27.8 Å². The Morgan fingerprint density at radius 1 is 1.15 bits per heavy atom. The number of nitriles is 1. The van der Waals surface area contributed by atoms with Gasteiger partial charge in [-0.25, -0.2) is 8.78 Å². The lowest BCUT2D eigenvalue weighted by molar-refractivity contribution is -0.126. The van der Waals surface area contributed by atoms with Crippen LogP contribution < -0.4 is 20.7 Å². The Hall–Kier alpha value is -3.86. The van der Waals surface area contributed by atoms with E-state index in [-0.39, 0.29) is 67.0 Å². The third-order valence-electron chi connectivity index (χ3n) is 7.20. The zero-order valence-electron chi connectivity index (χ0n) is 24.6. The number of aliphatic hydroxyl groups excluding tert-OH is 3. The highest BCUT2D eigenvalue weighted by Gasteiger charge is 2.33. The number of ether oxygens (including phenoxy) is 1. The van der Waals surface area contributed by atoms with Gasteiger partial charge in [0.1, 0.15) is 23.8 Å². The third-order valence-corrected chi connectivity index (χ3v) is 8.40. The number of fused-ring (bicyclic) bond motifs is 1. The van der Waals surface area contributed by atoms with Crippen LogP contribution in [0.4, 0.5) is 39.0 Å². The molecule has 3 aromatic rings. The molecule has 46 heavy (non-hydrogen) atoms. The lowest BCUT2D eigenvalue weighted by atomic mass is 10.0. The first-order valence-corrected chi connectivity index (χ1v) is 15.3. The summed E-state index contributed by atoms with van der Waals surface area (Å²) >= 11 is 1.06. The summed E-state index contributed by atoms with van der Waals surface area (Å²) in [5, 5.41) is 45.8. The normalized spacial score (nSPS) is 17.5. The Bertz CT molecular complexity index is 1590. The maximum Gasteiger partial charge on any atom is 0.393 e. The van der Waals surface area contributed by atoms with Crippen LogP contribution in [0, 0.1) is 29.0 Å². The Kier molecular flexibility index (Phi) is 12.3. The van der Waals surface area contributed by atoms with Crippen molar-refractivity contribution in [3.63, 3.8) is 0 Å². The SMILES string of the molecule is N#CCOc1cc(NCCO)c(F)cc1NCC#Cc1sc2c(NC3CCN(CC(O)CO)CC3F)cccc2c1CC(F)(F)F. The Morgan fingerprint density at radius 3 is 2.65 bits per heavy atom. The van der Waals surface area contributed by atoms with Gasteiger partial charge in [-0.15, -0.1) is 11.3 Å². The van der Waals surface area contributed by atoms with Gasteiger partial charge in [-0.2, -0.15) is 18.4 Å². The average Bonchev–Trinajstić information content (AvgIpc) is 3.35. The van der Waals surface area contributed by atoms with Crippen LogP contribution in [0.2, 0.25) is 0 Å². The minimum atomic E-state index is -4.52. The maximum absolute atomic E-state index is 15.1. The highest BCUT2D eigenvalue weighted by Crippen LogP contribution is 2.40. The summed E-state index contributed by atoms with van der Waals surface area (Å²) in [5.74, 6) is 5.08. The van der Waals surface area contributed by atoms with Gasteiger partial charge in [-0.3, -0.25) is 4.90 Å². The zero-order chi connectivity index (χ0) is 33.3. The second-order valence-electron chi connectivity index (χ2n) is 10.6. The molecule has 15 heteroatoms. The van der Waals surface area contributed by atoms with Crippen LogP contribution in [-0.4, -0.2) is 97.3 Å². The first-order chi connectivity index (χ1) is 22.0. The van der Waals surface area contributed by atoms with Crippen LogP contribution >= 0.6 is 11.3 Å². The number of piperidine rings is 1. The molecule has 2 heterocycles. The van der Waals surface area contributed by atoms with Gasteiger partial charge in [0.2, 0.25) is 0 Å². The highest BCUT2D eigenvalue weighted by molar-refractivity contribution is 7.20. The van der Waals surface area contributed by atoms with Crippen LogP contribution in [0.15, 0.2) is 30.3 Å². The number of hydrogen-bond acceptors (Lipinski definition) is 10. The Morgan fingerprint density at radius 2 is 1.96 bits per heavy atom. The van der Waals surface area contributed by atoms with Gasteiger partial charge in [0.15, 0.2) is 6.61 Å². The molecular weight excluding hydrogens is 633 g/mol. The standard InChI is InChI=1S/C31H34F5N5O4S/c32-22-13-27(28(45-12-7-37)14-26(22)39-9-11-42)38-8-2-5-29-21(15-31(34,35)36)20-3-1-4-25(30(20)46-29)40-24-6-10-41(17-23(24)33)16-19(44)18-43/h1,3-4,13-14,19,23-24,38-40,42-44H,6,8-12,15-18H2. The second-order valence-corrected chi connectivity index (χ2v) is 11.6. The van der Waals surface area contributed by atoms with Crippen molar-refractivity contribution in [2.24, 2.45) is 0 Å². The van der Waals surface area contributed by atoms with Crippen LogP contribution in [0.3, 0.4) is 0 Å². The molecular formula is C31H34F5N5O4S. The summed E-state index contributed by atoms with van der Waals surface area (Å²) in [5.41, 5.74) is 0.706. The number of nitrogens with zero attached hydrogens (tertiary/aromatic N) is 2. The molecule has 1 aromatic heterocycles. The Labute approximate surface area is 266 Å². The lowest BCUT2D eigenvalue weighted by Crippen LogP contribution is -2.50. The number of thiophene rings is 1. The largest absolute Gasteiger partial charge is 0.477 e. The molecule has 6 N–H and O–H groups in total. The van der Waals surface area contributed by atoms with Gasteiger partial charge in [0.05, 0.1) is 65.0 Å². The number of rotatable bonds is 13. The molecule has 3 unspecified atom stereocenters. The molecule has 0 amide bonds. The highest BCUT2D eigenvalue weighted by atomic mass is 32.1. The van der Waals surface area contributed by atoms with E-state index < -0.39 is 43.3 Å². The number of likely N-dealkylation sites (tertiary alicyclic amines) is 1. The number of hydrogen-bond donors (Lipinski definition) is 6. The number of anilines is 3. The molecule has 0 saturated carbocycles. The summed E-state index contributed by atoms with van der Waals surface area (Å²) in [7, 11) is 0. The van der Waals surface area contributed by atoms with Gasteiger partial charge in [0.25, 0.3) is 0 Å². The van der Waals surface area contributed by atoms with Gasteiger partial charge in [-0.1, -0.05) is 24.0 Å². The summed E-state index contributed by atoms with van der Waals surface area (Å²) in [6.45, 7) is -0.348. The van der Waals surface area contributed by atoms with Crippen molar-refractivity contribution in [2.75, 3.05) is 68.5 Å². The van der Waals surface area contributed by atoms with Crippen molar-refractivity contribution in [3.05, 3.63) is 46.6 Å². The molecule has 1 fully saturated rings. The van der Waals surface area contributed by atoms with E-state index in [9.17, 15) is 22.7 Å². The summed E-state index contributed by atoms with van der Waals surface area (Å²) in [6.07, 6.45) is -7.64. The number of benzene rings is 2. The molecule has 0 radical (unpaired) electrons. The number of nitrogens with one attached hydrogen (secondary N) is 3. The molecule has 3 atom stereocenters. The molecule has 0 aliphatic carbocycles. The van der Waals surface area contributed by atoms with Crippen LogP contribution in [0.25, 0.3) is 10.1 Å². The molecule has 1 aliphatic heterocycles. The van der Waals surface area contributed by atoms with Crippen molar-refractivity contribution in [3.8, 4) is 23.7 Å². The molecule has 4 rings (SSSR count). The fourth-order valence-corrected chi connectivity index (χ4v) is 6.29. The first-order valence-electron chi connectivity index (χ1n) is 14.5. The molecule has 0 spiro atoms. The maximum atomic E-state index is 15.1. The lowest BCUT2D eigenvalue weighted by Gasteiger charge is -2.36. The summed E-state index contributed by atoms with van der Waals surface area (Å²) in [4.78, 5) is 1.90. The predicted octanol–water partition coefficient (Wildman–Crippen LogP) is 4.09. The van der Waals surface area contributed by atoms with E-state index in [0.717, 1.165) is 17.4 Å². The molecule has 9 nitrogen and oxygen atoms in total. The van der Waals surface area contributed by atoms with Crippen LogP contribution in [-0.2, 0) is 6.42 Å². The van der Waals surface area contributed by atoms with Crippen molar-refractivity contribution < 1.29 is 42.0 Å². The third kappa shape index (κ3) is 9.34. The topological polar surface area (TPSA) is 133 Å². The van der Waals surface area contributed by atoms with E-state index in [1.54, 1.807) is 23.1 Å². The van der Waals surface area contributed by atoms with E-state index >= 15 is 4.39 Å². The number of halogens is 5. The molecule has 1 aliphatic rings. The van der Waals surface area contributed by atoms with Crippen molar-refractivity contribution >= 4 is 38.5 Å². The fraction of sp³-hybridized carbons (Fsp3) is 0.452. The van der Waals surface area contributed by atoms with Crippen molar-refractivity contribution in [1.29, 1.82) is 5.26 Å². The monoisotopic (exact) mass is 667 g/mol. The predicted molar refractivity (Wildman–Crippen MR) is 166 cm³/mol. The van der Waals surface area contributed by atoms with E-state index in [4.69, 9.17) is 20.2 Å². The second kappa shape index (κ2) is 16.1. The summed E-state index contributed by atoms with van der Waals surface area (Å²) < 4.78 is 76.6. The Balaban J connectivity index is 1.56. The van der Waals surface area contributed by atoms with E-state index in [1.807, 2.05) is 6.07 Å². The summed E-state index contributed by atoms with van der Waals surface area (Å²) in [6, 6.07) is 8.52. The molecule has 1 saturated heterocycles. The minimum absolute atomic E-state index is 0.00310. The minimum Gasteiger partial charge on any atom is -0.477 e. The van der Waals surface area contributed by atoms with Gasteiger partial charge < -0.3 is 36.0 Å². The molecule has 2 aromatic carbocycles. The van der Waals surface area contributed by atoms with Crippen molar-refractivity contribution in [1.82, 2.24) is 4.90 Å². The van der Waals surface area contributed by atoms with Gasteiger partial charge in [-0.05, 0) is 23.4 Å². The number of alkyl halides is 4. The van der Waals surface area contributed by atoms with E-state index in [0.29, 0.717) is 28.7 Å². The number of β-amino-alcohol motifs (C(OH)–C–C–N with tert-alkyl or cyclic N) is 1. The van der Waals surface area contributed by atoms with E-state index in [1.165, 1.54) is 6.07 Å². The van der Waals surface area contributed by atoms with Gasteiger partial charge in [0, 0.05) is 38.3 Å². The molecule has 248 valence electrons. The van der Waals surface area contributed by atoms with Crippen molar-refractivity contribution in [2.45, 2.75) is 37.3 Å². The quantitative estimate of drug-likeness (QED) is 0.118. The van der Waals surface area contributed by atoms with Crippen LogP contribution in [0.1, 0.15) is 16.9 Å². The first kappa shape index (κ1) is 35.0. The van der Waals surface area contributed by atoms with Crippen LogP contribution in [0.5, 0.6) is 5.75 Å². The van der Waals surface area contributed by atoms with Gasteiger partial charge >= 0.3 is 6.18 Å². The smallest absolute Gasteiger partial charge is 0.393 e. The zero-order valence-corrected chi connectivity index (χ0v) is 25.4. The average molecular weight is 668 g/mol.